The van der Waals surface area contributed by atoms with Crippen LogP contribution in [0.4, 0.5) is 4.39 Å². The molecule has 0 radical (unpaired) electrons. The largest absolute Gasteiger partial charge is 0.355 e. The van der Waals surface area contributed by atoms with Gasteiger partial charge < -0.3 is 5.32 Å². The molecule has 0 aliphatic rings. The molecule has 2 aromatic carbocycles. The number of hydrogen-bond donors (Lipinski definition) is 1. The average molecular weight is 331 g/mol. The van der Waals surface area contributed by atoms with E-state index in [0.29, 0.717) is 12.5 Å². The Morgan fingerprint density at radius 2 is 1.78 bits per heavy atom. The molecule has 2 atom stereocenters. The Morgan fingerprint density at radius 3 is 2.39 bits per heavy atom. The SMILES string of the molecule is CC[C@@H](CNC(=O)[C@H](C)Sc1ccc(F)cc1)c1ccccc1. The van der Waals surface area contributed by atoms with Crippen molar-refractivity contribution in [3.8, 4) is 0 Å². The van der Waals surface area contributed by atoms with E-state index in [0.717, 1.165) is 11.3 Å². The van der Waals surface area contributed by atoms with Crippen LogP contribution < -0.4 is 5.32 Å². The van der Waals surface area contributed by atoms with Crippen molar-refractivity contribution in [2.75, 3.05) is 6.54 Å². The maximum atomic E-state index is 12.9. The number of halogens is 1. The lowest BCUT2D eigenvalue weighted by atomic mass is 9.96. The Bertz CT molecular complexity index is 615. The van der Waals surface area contributed by atoms with Crippen LogP contribution in [0.2, 0.25) is 0 Å². The van der Waals surface area contributed by atoms with Gasteiger partial charge in [-0.25, -0.2) is 4.39 Å². The zero-order valence-electron chi connectivity index (χ0n) is 13.5. The van der Waals surface area contributed by atoms with E-state index in [1.54, 1.807) is 12.1 Å². The van der Waals surface area contributed by atoms with Gasteiger partial charge >= 0.3 is 0 Å². The predicted molar refractivity (Wildman–Crippen MR) is 94.2 cm³/mol. The fourth-order valence-electron chi connectivity index (χ4n) is 2.36. The minimum atomic E-state index is -0.264. The van der Waals surface area contributed by atoms with Crippen LogP contribution in [0.3, 0.4) is 0 Å². The van der Waals surface area contributed by atoms with Crippen molar-refractivity contribution < 1.29 is 9.18 Å². The van der Waals surface area contributed by atoms with E-state index in [9.17, 15) is 9.18 Å². The summed E-state index contributed by atoms with van der Waals surface area (Å²) >= 11 is 1.44. The average Bonchev–Trinajstić information content (AvgIpc) is 2.58. The topological polar surface area (TPSA) is 29.1 Å². The van der Waals surface area contributed by atoms with Crippen LogP contribution >= 0.6 is 11.8 Å². The van der Waals surface area contributed by atoms with E-state index >= 15 is 0 Å². The molecule has 0 heterocycles. The highest BCUT2D eigenvalue weighted by Crippen LogP contribution is 2.24. The molecule has 0 saturated carbocycles. The summed E-state index contributed by atoms with van der Waals surface area (Å²) in [5.74, 6) is 0.0666. The number of nitrogens with one attached hydrogen (secondary N) is 1. The highest BCUT2D eigenvalue weighted by molar-refractivity contribution is 8.00. The number of carbonyl (C=O) groups is 1. The third kappa shape index (κ3) is 5.39. The van der Waals surface area contributed by atoms with Gasteiger partial charge in [0, 0.05) is 17.4 Å². The lowest BCUT2D eigenvalue weighted by molar-refractivity contribution is -0.120. The summed E-state index contributed by atoms with van der Waals surface area (Å²) in [5.41, 5.74) is 1.24. The number of rotatable bonds is 7. The van der Waals surface area contributed by atoms with E-state index in [2.05, 4.69) is 24.4 Å². The van der Waals surface area contributed by atoms with Gasteiger partial charge in [-0.05, 0) is 43.2 Å². The Morgan fingerprint density at radius 1 is 1.13 bits per heavy atom. The van der Waals surface area contributed by atoms with Gasteiger partial charge in [-0.2, -0.15) is 0 Å². The van der Waals surface area contributed by atoms with Crippen molar-refractivity contribution in [2.24, 2.45) is 0 Å². The Labute approximate surface area is 141 Å². The number of carbonyl (C=O) groups excluding carboxylic acids is 1. The lowest BCUT2D eigenvalue weighted by Crippen LogP contribution is -2.34. The molecule has 2 aromatic rings. The van der Waals surface area contributed by atoms with Crippen molar-refractivity contribution in [2.45, 2.75) is 36.3 Å². The summed E-state index contributed by atoms with van der Waals surface area (Å²) in [4.78, 5) is 13.2. The molecule has 0 aliphatic carbocycles. The number of hydrogen-bond acceptors (Lipinski definition) is 2. The molecule has 0 aromatic heterocycles. The summed E-state index contributed by atoms with van der Waals surface area (Å²) in [7, 11) is 0. The molecule has 1 amide bonds. The van der Waals surface area contributed by atoms with Crippen molar-refractivity contribution in [1.29, 1.82) is 0 Å². The van der Waals surface area contributed by atoms with E-state index in [1.807, 2.05) is 25.1 Å². The standard InChI is InChI=1S/C19H22FNOS/c1-3-15(16-7-5-4-6-8-16)13-21-19(22)14(2)23-18-11-9-17(20)10-12-18/h4-12,14-15H,3,13H2,1-2H3,(H,21,22)/t14-,15-/m0/s1. The molecule has 4 heteroatoms. The fraction of sp³-hybridized carbons (Fsp3) is 0.316. The first-order chi connectivity index (χ1) is 11.1. The van der Waals surface area contributed by atoms with E-state index in [1.165, 1.54) is 29.5 Å². The van der Waals surface area contributed by atoms with Crippen LogP contribution in [0, 0.1) is 5.82 Å². The van der Waals surface area contributed by atoms with Crippen LogP contribution in [-0.4, -0.2) is 17.7 Å². The molecule has 0 saturated heterocycles. The smallest absolute Gasteiger partial charge is 0.233 e. The highest BCUT2D eigenvalue weighted by Gasteiger charge is 2.16. The monoisotopic (exact) mass is 331 g/mol. The van der Waals surface area contributed by atoms with Crippen molar-refractivity contribution in [1.82, 2.24) is 5.32 Å². The molecule has 23 heavy (non-hydrogen) atoms. The molecular formula is C19H22FNOS. The van der Waals surface area contributed by atoms with Gasteiger partial charge in [0.1, 0.15) is 5.82 Å². The molecular weight excluding hydrogens is 309 g/mol. The van der Waals surface area contributed by atoms with E-state index < -0.39 is 0 Å². The predicted octanol–water partition coefficient (Wildman–Crippen LogP) is 4.62. The summed E-state index contributed by atoms with van der Waals surface area (Å²) in [6, 6.07) is 16.4. The van der Waals surface area contributed by atoms with Crippen molar-refractivity contribution >= 4 is 17.7 Å². The molecule has 0 unspecified atom stereocenters. The second kappa shape index (κ2) is 8.73. The molecule has 2 nitrogen and oxygen atoms in total. The van der Waals surface area contributed by atoms with Crippen LogP contribution in [0.25, 0.3) is 0 Å². The molecule has 0 fully saturated rings. The van der Waals surface area contributed by atoms with Gasteiger partial charge in [0.05, 0.1) is 5.25 Å². The zero-order valence-corrected chi connectivity index (χ0v) is 14.3. The quantitative estimate of drug-likeness (QED) is 0.750. The third-order valence-electron chi connectivity index (χ3n) is 3.78. The normalized spacial score (nSPS) is 13.3. The summed E-state index contributed by atoms with van der Waals surface area (Å²) < 4.78 is 12.9. The van der Waals surface area contributed by atoms with Gasteiger partial charge in [-0.3, -0.25) is 4.79 Å². The van der Waals surface area contributed by atoms with Gasteiger partial charge in [0.2, 0.25) is 5.91 Å². The maximum absolute atomic E-state index is 12.9. The molecule has 0 spiro atoms. The van der Waals surface area contributed by atoms with Gasteiger partial charge in [-0.1, -0.05) is 37.3 Å². The summed E-state index contributed by atoms with van der Waals surface area (Å²) in [6.45, 7) is 4.63. The highest BCUT2D eigenvalue weighted by atomic mass is 32.2. The van der Waals surface area contributed by atoms with Crippen LogP contribution in [0.1, 0.15) is 31.7 Å². The van der Waals surface area contributed by atoms with Gasteiger partial charge in [0.25, 0.3) is 0 Å². The Hall–Kier alpha value is -1.81. The van der Waals surface area contributed by atoms with Gasteiger partial charge in [-0.15, -0.1) is 11.8 Å². The number of thioether (sulfide) groups is 1. The molecule has 0 bridgehead atoms. The second-order valence-electron chi connectivity index (χ2n) is 5.48. The Kier molecular flexibility index (Phi) is 6.66. The van der Waals surface area contributed by atoms with Crippen LogP contribution in [0.5, 0.6) is 0 Å². The van der Waals surface area contributed by atoms with Crippen molar-refractivity contribution in [3.05, 3.63) is 66.0 Å². The first kappa shape index (κ1) is 17.5. The molecule has 1 N–H and O–H groups in total. The minimum Gasteiger partial charge on any atom is -0.355 e. The molecule has 2 rings (SSSR count). The van der Waals surface area contributed by atoms with Crippen LogP contribution in [-0.2, 0) is 4.79 Å². The summed E-state index contributed by atoms with van der Waals surface area (Å²) in [5, 5.41) is 2.82. The van der Waals surface area contributed by atoms with Crippen LogP contribution in [0.15, 0.2) is 59.5 Å². The van der Waals surface area contributed by atoms with Gasteiger partial charge in [0.15, 0.2) is 0 Å². The number of amides is 1. The first-order valence-electron chi connectivity index (χ1n) is 7.85. The molecule has 122 valence electrons. The lowest BCUT2D eigenvalue weighted by Gasteiger charge is -2.18. The third-order valence-corrected chi connectivity index (χ3v) is 4.89. The van der Waals surface area contributed by atoms with E-state index in [4.69, 9.17) is 0 Å². The Balaban J connectivity index is 1.86. The van der Waals surface area contributed by atoms with E-state index in [-0.39, 0.29) is 17.0 Å². The molecule has 0 aliphatic heterocycles. The minimum absolute atomic E-state index is 0.00806. The zero-order chi connectivity index (χ0) is 16.7. The van der Waals surface area contributed by atoms with Crippen molar-refractivity contribution in [3.63, 3.8) is 0 Å². The summed E-state index contributed by atoms with van der Waals surface area (Å²) in [6.07, 6.45) is 0.976. The maximum Gasteiger partial charge on any atom is 0.233 e. The first-order valence-corrected chi connectivity index (χ1v) is 8.73. The second-order valence-corrected chi connectivity index (χ2v) is 6.89. The number of benzene rings is 2. The fourth-order valence-corrected chi connectivity index (χ4v) is 3.25.